The van der Waals surface area contributed by atoms with Crippen molar-refractivity contribution in [3.8, 4) is 0 Å². The molecule has 4 aliphatic rings. The summed E-state index contributed by atoms with van der Waals surface area (Å²) in [6, 6.07) is 0. The Kier molecular flexibility index (Phi) is 1.03. The smallest absolute Gasteiger partial charge is 0.0577 e. The lowest BCUT2D eigenvalue weighted by Gasteiger charge is -2.32. The summed E-state index contributed by atoms with van der Waals surface area (Å²) in [6.07, 6.45) is 5.59. The molecule has 1 nitrogen and oxygen atoms in total. The lowest BCUT2D eigenvalue weighted by atomic mass is 9.73. The summed E-state index contributed by atoms with van der Waals surface area (Å²) in [4.78, 5) is 0. The molecule has 4 saturated carbocycles. The first-order valence-corrected chi connectivity index (χ1v) is 5.91. The van der Waals surface area contributed by atoms with Crippen LogP contribution in [0.3, 0.4) is 0 Å². The highest BCUT2D eigenvalue weighted by molar-refractivity contribution is 5.24. The van der Waals surface area contributed by atoms with Gasteiger partial charge in [-0.05, 0) is 60.7 Å². The zero-order valence-electron chi connectivity index (χ0n) is 8.24. The van der Waals surface area contributed by atoms with Gasteiger partial charge in [0, 0.05) is 0 Å². The van der Waals surface area contributed by atoms with Crippen LogP contribution in [0.1, 0.15) is 32.6 Å². The summed E-state index contributed by atoms with van der Waals surface area (Å²) >= 11 is 0. The average molecular weight is 178 g/mol. The molecule has 0 heterocycles. The first kappa shape index (κ1) is 7.28. The summed E-state index contributed by atoms with van der Waals surface area (Å²) < 4.78 is 0. The van der Waals surface area contributed by atoms with Crippen LogP contribution in [-0.2, 0) is 0 Å². The van der Waals surface area contributed by atoms with E-state index in [1.807, 2.05) is 0 Å². The predicted molar refractivity (Wildman–Crippen MR) is 50.0 cm³/mol. The van der Waals surface area contributed by atoms with E-state index in [2.05, 4.69) is 6.92 Å². The van der Waals surface area contributed by atoms with Gasteiger partial charge in [0.2, 0.25) is 0 Å². The van der Waals surface area contributed by atoms with Gasteiger partial charge in [-0.15, -0.1) is 0 Å². The zero-order chi connectivity index (χ0) is 8.79. The highest BCUT2D eigenvalue weighted by atomic mass is 16.3. The number of rotatable bonds is 0. The van der Waals surface area contributed by atoms with Gasteiger partial charge in [0.1, 0.15) is 0 Å². The lowest BCUT2D eigenvalue weighted by molar-refractivity contribution is 0.138. The minimum atomic E-state index is 0.0839. The van der Waals surface area contributed by atoms with Crippen molar-refractivity contribution in [2.24, 2.45) is 35.0 Å². The first-order chi connectivity index (χ1) is 6.23. The molecule has 72 valence electrons. The number of aliphatic hydroxyl groups excluding tert-OH is 1. The molecule has 7 unspecified atom stereocenters. The van der Waals surface area contributed by atoms with Gasteiger partial charge >= 0.3 is 0 Å². The van der Waals surface area contributed by atoms with Gasteiger partial charge in [0.15, 0.2) is 0 Å². The van der Waals surface area contributed by atoms with E-state index in [4.69, 9.17) is 0 Å². The quantitative estimate of drug-likeness (QED) is 0.602. The molecule has 4 aliphatic carbocycles. The molecule has 0 aromatic rings. The maximum atomic E-state index is 9.89. The van der Waals surface area contributed by atoms with Crippen LogP contribution in [0, 0.1) is 35.0 Å². The highest BCUT2D eigenvalue weighted by Crippen LogP contribution is 2.81. The molecule has 7 atom stereocenters. The molecule has 0 radical (unpaired) electrons. The fourth-order valence-corrected chi connectivity index (χ4v) is 5.59. The zero-order valence-corrected chi connectivity index (χ0v) is 8.24. The van der Waals surface area contributed by atoms with E-state index in [1.54, 1.807) is 0 Å². The number of fused-ring (bicyclic) bond motifs is 3. The van der Waals surface area contributed by atoms with Crippen LogP contribution in [0.25, 0.3) is 0 Å². The molecule has 1 N–H and O–H groups in total. The second-order valence-corrected chi connectivity index (χ2v) is 6.15. The van der Waals surface area contributed by atoms with Crippen molar-refractivity contribution < 1.29 is 5.11 Å². The summed E-state index contributed by atoms with van der Waals surface area (Å²) in [5.74, 6) is 4.65. The summed E-state index contributed by atoms with van der Waals surface area (Å²) in [7, 11) is 0. The second kappa shape index (κ2) is 1.84. The van der Waals surface area contributed by atoms with Crippen molar-refractivity contribution in [2.45, 2.75) is 38.7 Å². The summed E-state index contributed by atoms with van der Waals surface area (Å²) in [5, 5.41) is 9.89. The fourth-order valence-electron chi connectivity index (χ4n) is 5.59. The van der Waals surface area contributed by atoms with Crippen molar-refractivity contribution in [1.82, 2.24) is 0 Å². The minimum Gasteiger partial charge on any atom is -0.393 e. The summed E-state index contributed by atoms with van der Waals surface area (Å²) in [5.41, 5.74) is 0.682. The third kappa shape index (κ3) is 0.587. The molecule has 1 spiro atoms. The van der Waals surface area contributed by atoms with E-state index < -0.39 is 0 Å². The van der Waals surface area contributed by atoms with E-state index in [0.717, 1.165) is 36.0 Å². The van der Waals surface area contributed by atoms with Gasteiger partial charge in [0.05, 0.1) is 6.10 Å². The van der Waals surface area contributed by atoms with Crippen molar-refractivity contribution in [1.29, 1.82) is 0 Å². The van der Waals surface area contributed by atoms with Crippen LogP contribution in [0.5, 0.6) is 0 Å². The van der Waals surface area contributed by atoms with Crippen LogP contribution < -0.4 is 0 Å². The van der Waals surface area contributed by atoms with Gasteiger partial charge in [-0.2, -0.15) is 0 Å². The van der Waals surface area contributed by atoms with Crippen LogP contribution in [0.4, 0.5) is 0 Å². The van der Waals surface area contributed by atoms with Gasteiger partial charge in [-0.3, -0.25) is 0 Å². The van der Waals surface area contributed by atoms with E-state index in [0.29, 0.717) is 5.41 Å². The van der Waals surface area contributed by atoms with Crippen LogP contribution in [-0.4, -0.2) is 11.2 Å². The molecular formula is C12H18O. The Morgan fingerprint density at radius 2 is 1.92 bits per heavy atom. The van der Waals surface area contributed by atoms with Crippen molar-refractivity contribution in [3.63, 3.8) is 0 Å². The average Bonchev–Trinajstić information content (AvgIpc) is 2.42. The fraction of sp³-hybridized carbons (Fsp3) is 1.00. The Hall–Kier alpha value is -0.0400. The Morgan fingerprint density at radius 1 is 1.08 bits per heavy atom. The van der Waals surface area contributed by atoms with Crippen molar-refractivity contribution in [3.05, 3.63) is 0 Å². The molecule has 4 rings (SSSR count). The van der Waals surface area contributed by atoms with Crippen LogP contribution in [0.2, 0.25) is 0 Å². The minimum absolute atomic E-state index is 0.0839. The number of hydrogen-bond acceptors (Lipinski definition) is 1. The molecule has 4 fully saturated rings. The van der Waals surface area contributed by atoms with Crippen molar-refractivity contribution in [2.75, 3.05) is 0 Å². The lowest BCUT2D eigenvalue weighted by Crippen LogP contribution is -2.26. The largest absolute Gasteiger partial charge is 0.393 e. The normalized spacial score (nSPS) is 72.5. The van der Waals surface area contributed by atoms with E-state index >= 15 is 0 Å². The SMILES string of the molecule is CC1CC2CC1C13CC1C(O)CC23. The molecule has 0 aliphatic heterocycles. The monoisotopic (exact) mass is 178 g/mol. The Morgan fingerprint density at radius 3 is 2.69 bits per heavy atom. The molecule has 0 amide bonds. The number of hydrogen-bond donors (Lipinski definition) is 1. The molecule has 2 bridgehead atoms. The highest BCUT2D eigenvalue weighted by Gasteiger charge is 2.76. The maximum Gasteiger partial charge on any atom is 0.0577 e. The van der Waals surface area contributed by atoms with Gasteiger partial charge < -0.3 is 5.11 Å². The standard InChI is InChI=1S/C12H18O/c1-6-2-7-3-8(6)12-5-10(12)11(13)4-9(7)12/h6-11,13H,2-5H2,1H3. The third-order valence-electron chi connectivity index (χ3n) is 5.93. The van der Waals surface area contributed by atoms with E-state index in [9.17, 15) is 5.11 Å². The first-order valence-electron chi connectivity index (χ1n) is 5.91. The second-order valence-electron chi connectivity index (χ2n) is 6.15. The maximum absolute atomic E-state index is 9.89. The Bertz CT molecular complexity index is 268. The Labute approximate surface area is 79.5 Å². The Balaban J connectivity index is 1.79. The molecule has 0 saturated heterocycles. The van der Waals surface area contributed by atoms with Gasteiger partial charge in [-0.1, -0.05) is 6.92 Å². The molecular weight excluding hydrogens is 160 g/mol. The van der Waals surface area contributed by atoms with Crippen molar-refractivity contribution >= 4 is 0 Å². The topological polar surface area (TPSA) is 20.2 Å². The van der Waals surface area contributed by atoms with E-state index in [-0.39, 0.29) is 6.10 Å². The number of aliphatic hydroxyl groups is 1. The van der Waals surface area contributed by atoms with Crippen LogP contribution >= 0.6 is 0 Å². The molecule has 1 heteroatoms. The van der Waals surface area contributed by atoms with E-state index in [1.165, 1.54) is 19.3 Å². The molecule has 0 aromatic carbocycles. The van der Waals surface area contributed by atoms with Gasteiger partial charge in [-0.25, -0.2) is 0 Å². The van der Waals surface area contributed by atoms with Gasteiger partial charge in [0.25, 0.3) is 0 Å². The summed E-state index contributed by atoms with van der Waals surface area (Å²) in [6.45, 7) is 2.44. The molecule has 0 aromatic heterocycles. The molecule has 13 heavy (non-hydrogen) atoms. The van der Waals surface area contributed by atoms with Crippen LogP contribution in [0.15, 0.2) is 0 Å². The third-order valence-corrected chi connectivity index (χ3v) is 5.93. The predicted octanol–water partition coefficient (Wildman–Crippen LogP) is 2.05.